The van der Waals surface area contributed by atoms with E-state index in [0.717, 1.165) is 34.5 Å². The van der Waals surface area contributed by atoms with E-state index in [2.05, 4.69) is 49.2 Å². The molecule has 0 bridgehead atoms. The van der Waals surface area contributed by atoms with Crippen molar-refractivity contribution in [1.82, 2.24) is 10.3 Å². The molecule has 8 heteroatoms. The smallest absolute Gasteiger partial charge is 0.257 e. The van der Waals surface area contributed by atoms with Crippen LogP contribution in [0.15, 0.2) is 71.2 Å². The fraction of sp³-hybridized carbons (Fsp3) is 0. The number of hydrogen-bond acceptors (Lipinski definition) is 4. The van der Waals surface area contributed by atoms with Gasteiger partial charge in [-0.05, 0) is 83.3 Å². The standard InChI is InChI=1S/C21H13BrIN3OS2/c22-13-8-9-16(15(11-13)20-24-17-6-1-2-7-18(17)29-20)25-21(28)26-19(27)12-4-3-5-14(23)10-12/h1-11H,(H2,25,26,27,28). The zero-order valence-corrected chi connectivity index (χ0v) is 20.2. The van der Waals surface area contributed by atoms with E-state index < -0.39 is 0 Å². The summed E-state index contributed by atoms with van der Waals surface area (Å²) in [6.45, 7) is 0. The lowest BCUT2D eigenvalue weighted by atomic mass is 10.2. The number of carbonyl (C=O) groups is 1. The van der Waals surface area contributed by atoms with Crippen LogP contribution in [0, 0.1) is 3.57 Å². The second-order valence-electron chi connectivity index (χ2n) is 6.10. The molecule has 4 nitrogen and oxygen atoms in total. The van der Waals surface area contributed by atoms with Crippen molar-refractivity contribution in [3.05, 3.63) is 80.3 Å². The molecular weight excluding hydrogens is 581 g/mol. The molecule has 0 atom stereocenters. The highest BCUT2D eigenvalue weighted by molar-refractivity contribution is 14.1. The van der Waals surface area contributed by atoms with Crippen molar-refractivity contribution >= 4 is 89.0 Å². The summed E-state index contributed by atoms with van der Waals surface area (Å²) in [5.41, 5.74) is 3.20. The van der Waals surface area contributed by atoms with Crippen molar-refractivity contribution < 1.29 is 4.79 Å². The number of anilines is 1. The maximum atomic E-state index is 12.5. The number of para-hydroxylation sites is 1. The average molecular weight is 594 g/mol. The number of benzene rings is 3. The quantitative estimate of drug-likeness (QED) is 0.211. The molecule has 1 heterocycles. The van der Waals surface area contributed by atoms with Gasteiger partial charge in [-0.15, -0.1) is 11.3 Å². The van der Waals surface area contributed by atoms with E-state index in [1.165, 1.54) is 0 Å². The molecule has 1 aromatic heterocycles. The van der Waals surface area contributed by atoms with Gasteiger partial charge < -0.3 is 5.32 Å². The Morgan fingerprint density at radius 3 is 2.69 bits per heavy atom. The molecule has 4 aromatic rings. The van der Waals surface area contributed by atoms with Crippen LogP contribution in [0.3, 0.4) is 0 Å². The lowest BCUT2D eigenvalue weighted by molar-refractivity contribution is 0.0977. The Hall–Kier alpha value is -1.88. The van der Waals surface area contributed by atoms with E-state index in [1.54, 1.807) is 17.4 Å². The van der Waals surface area contributed by atoms with Gasteiger partial charge in [0, 0.05) is 19.2 Å². The lowest BCUT2D eigenvalue weighted by Crippen LogP contribution is -2.34. The second-order valence-corrected chi connectivity index (χ2v) is 9.70. The molecule has 0 saturated carbocycles. The minimum Gasteiger partial charge on any atom is -0.332 e. The van der Waals surface area contributed by atoms with E-state index in [9.17, 15) is 4.79 Å². The van der Waals surface area contributed by atoms with Gasteiger partial charge in [-0.1, -0.05) is 34.1 Å². The van der Waals surface area contributed by atoms with Gasteiger partial charge in [0.05, 0.1) is 15.9 Å². The number of thiazole rings is 1. The third-order valence-corrected chi connectivity index (χ3v) is 6.51. The molecule has 3 aromatic carbocycles. The highest BCUT2D eigenvalue weighted by Crippen LogP contribution is 2.36. The van der Waals surface area contributed by atoms with Gasteiger partial charge >= 0.3 is 0 Å². The van der Waals surface area contributed by atoms with Crippen molar-refractivity contribution in [3.8, 4) is 10.6 Å². The number of nitrogens with zero attached hydrogens (tertiary/aromatic N) is 1. The second kappa shape index (κ2) is 8.86. The maximum Gasteiger partial charge on any atom is 0.257 e. The van der Waals surface area contributed by atoms with Crippen LogP contribution in [0.1, 0.15) is 10.4 Å². The predicted octanol–water partition coefficient (Wildman–Crippen LogP) is 6.46. The molecule has 0 aliphatic heterocycles. The molecule has 4 rings (SSSR count). The highest BCUT2D eigenvalue weighted by Gasteiger charge is 2.14. The third kappa shape index (κ3) is 4.82. The molecular formula is C21H13BrIN3OS2. The number of aromatic nitrogens is 1. The summed E-state index contributed by atoms with van der Waals surface area (Å²) < 4.78 is 3.04. The van der Waals surface area contributed by atoms with E-state index >= 15 is 0 Å². The van der Waals surface area contributed by atoms with Crippen LogP contribution in [0.2, 0.25) is 0 Å². The van der Waals surface area contributed by atoms with E-state index in [-0.39, 0.29) is 11.0 Å². The van der Waals surface area contributed by atoms with E-state index in [0.29, 0.717) is 5.56 Å². The first-order valence-corrected chi connectivity index (χ1v) is 11.6. The number of rotatable bonds is 3. The summed E-state index contributed by atoms with van der Waals surface area (Å²) in [4.78, 5) is 17.2. The van der Waals surface area contributed by atoms with Gasteiger partial charge in [0.2, 0.25) is 0 Å². The van der Waals surface area contributed by atoms with E-state index in [4.69, 9.17) is 17.2 Å². The van der Waals surface area contributed by atoms with Crippen LogP contribution >= 0.6 is 62.1 Å². The van der Waals surface area contributed by atoms with Crippen molar-refractivity contribution in [2.24, 2.45) is 0 Å². The third-order valence-electron chi connectivity index (χ3n) is 4.07. The molecule has 0 aliphatic rings. The molecule has 0 saturated heterocycles. The monoisotopic (exact) mass is 593 g/mol. The molecule has 0 aliphatic carbocycles. The number of nitrogens with one attached hydrogen (secondary N) is 2. The molecule has 29 heavy (non-hydrogen) atoms. The zero-order chi connectivity index (χ0) is 20.4. The summed E-state index contributed by atoms with van der Waals surface area (Å²) in [6, 6.07) is 21.2. The van der Waals surface area contributed by atoms with Gasteiger partial charge in [0.25, 0.3) is 5.91 Å². The Balaban J connectivity index is 1.59. The van der Waals surface area contributed by atoms with Crippen LogP contribution in [0.5, 0.6) is 0 Å². The molecule has 0 unspecified atom stereocenters. The van der Waals surface area contributed by atoms with Gasteiger partial charge in [0.15, 0.2) is 5.11 Å². The average Bonchev–Trinajstić information content (AvgIpc) is 3.13. The lowest BCUT2D eigenvalue weighted by Gasteiger charge is -2.13. The predicted molar refractivity (Wildman–Crippen MR) is 136 cm³/mol. The fourth-order valence-electron chi connectivity index (χ4n) is 2.75. The maximum absolute atomic E-state index is 12.5. The first-order valence-electron chi connectivity index (χ1n) is 8.53. The molecule has 0 radical (unpaired) electrons. The summed E-state index contributed by atoms with van der Waals surface area (Å²) >= 11 is 12.7. The Bertz CT molecular complexity index is 1210. The number of halogens is 2. The normalized spacial score (nSPS) is 10.7. The molecule has 144 valence electrons. The number of carbonyl (C=O) groups excluding carboxylic acids is 1. The Labute approximate surface area is 199 Å². The van der Waals surface area contributed by atoms with Gasteiger partial charge in [-0.3, -0.25) is 10.1 Å². The first-order chi connectivity index (χ1) is 14.0. The number of amides is 1. The topological polar surface area (TPSA) is 54.0 Å². The fourth-order valence-corrected chi connectivity index (χ4v) is 4.85. The van der Waals surface area contributed by atoms with Crippen molar-refractivity contribution in [2.45, 2.75) is 0 Å². The van der Waals surface area contributed by atoms with Crippen LogP contribution in [0.25, 0.3) is 20.8 Å². The Kier molecular flexibility index (Phi) is 6.23. The van der Waals surface area contributed by atoms with E-state index in [1.807, 2.05) is 60.7 Å². The van der Waals surface area contributed by atoms with Crippen LogP contribution < -0.4 is 10.6 Å². The Morgan fingerprint density at radius 2 is 1.90 bits per heavy atom. The minimum absolute atomic E-state index is 0.235. The zero-order valence-electron chi connectivity index (χ0n) is 14.8. The number of hydrogen-bond donors (Lipinski definition) is 2. The largest absolute Gasteiger partial charge is 0.332 e. The van der Waals surface area contributed by atoms with Gasteiger partial charge in [-0.25, -0.2) is 4.98 Å². The molecule has 0 fully saturated rings. The molecule has 1 amide bonds. The SMILES string of the molecule is O=C(NC(=S)Nc1ccc(Br)cc1-c1nc2ccccc2s1)c1cccc(I)c1. The van der Waals surface area contributed by atoms with Crippen molar-refractivity contribution in [1.29, 1.82) is 0 Å². The van der Waals surface area contributed by atoms with Gasteiger partial charge in [-0.2, -0.15) is 0 Å². The first kappa shape index (κ1) is 20.4. The van der Waals surface area contributed by atoms with Crippen LogP contribution in [-0.4, -0.2) is 16.0 Å². The van der Waals surface area contributed by atoms with Gasteiger partial charge in [0.1, 0.15) is 5.01 Å². The highest BCUT2D eigenvalue weighted by atomic mass is 127. The summed E-state index contributed by atoms with van der Waals surface area (Å²) in [5, 5.41) is 6.99. The van der Waals surface area contributed by atoms with Crippen molar-refractivity contribution in [2.75, 3.05) is 5.32 Å². The molecule has 2 N–H and O–H groups in total. The van der Waals surface area contributed by atoms with Crippen LogP contribution in [0.4, 0.5) is 5.69 Å². The number of fused-ring (bicyclic) bond motifs is 1. The minimum atomic E-state index is -0.250. The molecule has 0 spiro atoms. The van der Waals surface area contributed by atoms with Crippen molar-refractivity contribution in [3.63, 3.8) is 0 Å². The number of thiocarbonyl (C=S) groups is 1. The van der Waals surface area contributed by atoms with Crippen LogP contribution in [-0.2, 0) is 0 Å². The summed E-state index contributed by atoms with van der Waals surface area (Å²) in [7, 11) is 0. The Morgan fingerprint density at radius 1 is 1.07 bits per heavy atom. The summed E-state index contributed by atoms with van der Waals surface area (Å²) in [6.07, 6.45) is 0. The summed E-state index contributed by atoms with van der Waals surface area (Å²) in [5.74, 6) is -0.250.